The minimum Gasteiger partial charge on any atom is -0.512 e. The highest BCUT2D eigenvalue weighted by atomic mass is 19.1. The number of rotatable bonds is 7. The number of carbonyl (C=O) groups excluding carboxylic acids is 1. The van der Waals surface area contributed by atoms with E-state index in [0.717, 1.165) is 31.2 Å². The molecule has 3 aromatic rings. The predicted molar refractivity (Wildman–Crippen MR) is 136 cm³/mol. The van der Waals surface area contributed by atoms with Crippen LogP contribution in [0, 0.1) is 25.2 Å². The quantitative estimate of drug-likeness (QED) is 0.345. The Balaban J connectivity index is 1.38. The van der Waals surface area contributed by atoms with Gasteiger partial charge in [-0.2, -0.15) is 4.98 Å². The third-order valence-corrected chi connectivity index (χ3v) is 7.52. The zero-order valence-corrected chi connectivity index (χ0v) is 21.7. The molecular formula is C28H30FN5O4. The van der Waals surface area contributed by atoms with Crippen LogP contribution in [-0.4, -0.2) is 42.9 Å². The number of aliphatic hydroxyl groups excluding tert-OH is 1. The number of aryl methyl sites for hydroxylation is 1. The molecule has 2 aliphatic rings. The van der Waals surface area contributed by atoms with Crippen molar-refractivity contribution in [2.45, 2.75) is 70.4 Å². The molecule has 0 radical (unpaired) electrons. The van der Waals surface area contributed by atoms with Gasteiger partial charge in [0, 0.05) is 51.1 Å². The molecule has 0 bridgehead atoms. The molecule has 1 aliphatic heterocycles. The second-order valence-electron chi connectivity index (χ2n) is 10.7. The van der Waals surface area contributed by atoms with Crippen LogP contribution < -0.4 is 4.74 Å². The van der Waals surface area contributed by atoms with Gasteiger partial charge in [0.1, 0.15) is 23.9 Å². The van der Waals surface area contributed by atoms with E-state index in [1.807, 2.05) is 6.92 Å². The maximum Gasteiger partial charge on any atom is 0.338 e. The number of aliphatic hydroxyl groups is 1. The molecule has 1 aromatic carbocycles. The summed E-state index contributed by atoms with van der Waals surface area (Å²) in [5.74, 6) is -0.209. The molecule has 10 heteroatoms. The maximum atomic E-state index is 14.8. The van der Waals surface area contributed by atoms with Gasteiger partial charge in [-0.05, 0) is 37.5 Å². The van der Waals surface area contributed by atoms with Crippen molar-refractivity contribution < 1.29 is 23.8 Å². The number of cyclic esters (lactones) is 1. The normalized spacial score (nSPS) is 20.6. The molecule has 1 N–H and O–H groups in total. The van der Waals surface area contributed by atoms with Crippen LogP contribution >= 0.6 is 0 Å². The third-order valence-electron chi connectivity index (χ3n) is 7.52. The summed E-state index contributed by atoms with van der Waals surface area (Å²) in [6.45, 7) is 12.5. The average molecular weight is 520 g/mol. The van der Waals surface area contributed by atoms with Crippen LogP contribution in [0.15, 0.2) is 41.9 Å². The van der Waals surface area contributed by atoms with Gasteiger partial charge < -0.3 is 19.4 Å². The number of carbonyl (C=O) groups is 1. The van der Waals surface area contributed by atoms with Crippen LogP contribution in [-0.2, 0) is 21.5 Å². The van der Waals surface area contributed by atoms with Gasteiger partial charge >= 0.3 is 5.97 Å². The molecule has 2 aromatic heterocycles. The summed E-state index contributed by atoms with van der Waals surface area (Å²) in [5, 5.41) is 15.4. The summed E-state index contributed by atoms with van der Waals surface area (Å²) in [4.78, 5) is 25.3. The van der Waals surface area contributed by atoms with Gasteiger partial charge in [-0.1, -0.05) is 12.8 Å². The van der Waals surface area contributed by atoms with Crippen molar-refractivity contribution >= 4 is 11.7 Å². The lowest BCUT2D eigenvalue weighted by Crippen LogP contribution is -2.50. The molecule has 38 heavy (non-hydrogen) atoms. The first-order valence-corrected chi connectivity index (χ1v) is 12.7. The largest absolute Gasteiger partial charge is 0.512 e. The number of nitrogens with zero attached hydrogens (tertiary/aromatic N) is 5. The van der Waals surface area contributed by atoms with Gasteiger partial charge in [-0.25, -0.2) is 25.3 Å². The monoisotopic (exact) mass is 519 g/mol. The van der Waals surface area contributed by atoms with Crippen LogP contribution in [0.2, 0.25) is 0 Å². The van der Waals surface area contributed by atoms with Gasteiger partial charge in [-0.15, -0.1) is 5.10 Å². The lowest BCUT2D eigenvalue weighted by atomic mass is 9.80. The fourth-order valence-corrected chi connectivity index (χ4v) is 5.34. The number of hydrogen-bond acceptors (Lipinski definition) is 7. The number of aromatic nitrogens is 4. The van der Waals surface area contributed by atoms with E-state index in [9.17, 15) is 14.3 Å². The summed E-state index contributed by atoms with van der Waals surface area (Å²) in [6.07, 6.45) is 7.23. The molecule has 9 nitrogen and oxygen atoms in total. The van der Waals surface area contributed by atoms with Crippen molar-refractivity contribution in [3.05, 3.63) is 76.1 Å². The molecule has 0 amide bonds. The van der Waals surface area contributed by atoms with Crippen molar-refractivity contribution in [3.8, 4) is 5.75 Å². The van der Waals surface area contributed by atoms with E-state index in [-0.39, 0.29) is 48.0 Å². The third kappa shape index (κ3) is 4.80. The van der Waals surface area contributed by atoms with Crippen LogP contribution in [0.25, 0.3) is 10.6 Å². The lowest BCUT2D eigenvalue weighted by Gasteiger charge is -2.41. The fraction of sp³-hybridized carbons (Fsp3) is 0.464. The van der Waals surface area contributed by atoms with E-state index < -0.39 is 22.9 Å². The van der Waals surface area contributed by atoms with E-state index in [1.165, 1.54) is 10.6 Å². The second-order valence-corrected chi connectivity index (χ2v) is 10.7. The van der Waals surface area contributed by atoms with E-state index in [1.54, 1.807) is 38.4 Å². The fourth-order valence-electron chi connectivity index (χ4n) is 5.34. The molecule has 0 spiro atoms. The summed E-state index contributed by atoms with van der Waals surface area (Å²) in [5.41, 5.74) is -0.755. The lowest BCUT2D eigenvalue weighted by molar-refractivity contribution is -0.171. The molecule has 3 heterocycles. The Morgan fingerprint density at radius 3 is 2.79 bits per heavy atom. The van der Waals surface area contributed by atoms with Crippen molar-refractivity contribution in [1.29, 1.82) is 0 Å². The molecule has 1 atom stereocenters. The van der Waals surface area contributed by atoms with Gasteiger partial charge in [0.05, 0.1) is 11.1 Å². The molecule has 0 saturated heterocycles. The SMILES string of the molecule is [C-]#[N+]C(C)(C)c1ccc(OCC2(C3CCCC3)CC(O)=C(Cc3nc4ncc(C)cn4n3)C(=O)O2)cc1F. The molecule has 1 saturated carbocycles. The average Bonchev–Trinajstić information content (AvgIpc) is 3.55. The zero-order chi connectivity index (χ0) is 27.1. The molecule has 198 valence electrons. The highest BCUT2D eigenvalue weighted by molar-refractivity contribution is 5.90. The van der Waals surface area contributed by atoms with Gasteiger partial charge in [0.25, 0.3) is 11.3 Å². The number of esters is 1. The first-order valence-electron chi connectivity index (χ1n) is 12.7. The van der Waals surface area contributed by atoms with Crippen LogP contribution in [0.3, 0.4) is 0 Å². The number of hydrogen-bond donors (Lipinski definition) is 1. The smallest absolute Gasteiger partial charge is 0.338 e. The Hall–Kier alpha value is -4.00. The first-order chi connectivity index (χ1) is 18.1. The Kier molecular flexibility index (Phi) is 6.55. The van der Waals surface area contributed by atoms with E-state index in [0.29, 0.717) is 11.6 Å². The summed E-state index contributed by atoms with van der Waals surface area (Å²) >= 11 is 0. The highest BCUT2D eigenvalue weighted by Crippen LogP contribution is 2.44. The van der Waals surface area contributed by atoms with Crippen LogP contribution in [0.1, 0.15) is 62.9 Å². The Bertz CT molecular complexity index is 1470. The van der Waals surface area contributed by atoms with E-state index in [2.05, 4.69) is 19.9 Å². The molecule has 5 rings (SSSR count). The number of benzene rings is 1. The van der Waals surface area contributed by atoms with Crippen LogP contribution in [0.5, 0.6) is 5.75 Å². The second kappa shape index (κ2) is 9.71. The van der Waals surface area contributed by atoms with Crippen molar-refractivity contribution in [1.82, 2.24) is 19.6 Å². The van der Waals surface area contributed by atoms with Gasteiger partial charge in [0.15, 0.2) is 11.4 Å². The van der Waals surface area contributed by atoms with Crippen molar-refractivity contribution in [2.75, 3.05) is 6.61 Å². The minimum absolute atomic E-state index is 0.000752. The zero-order valence-electron chi connectivity index (χ0n) is 21.7. The summed E-state index contributed by atoms with van der Waals surface area (Å²) < 4.78 is 28.4. The van der Waals surface area contributed by atoms with E-state index in [4.69, 9.17) is 16.0 Å². The molecule has 1 aliphatic carbocycles. The minimum atomic E-state index is -1.07. The Morgan fingerprint density at radius 1 is 1.34 bits per heavy atom. The summed E-state index contributed by atoms with van der Waals surface area (Å²) in [6, 6.07) is 4.41. The van der Waals surface area contributed by atoms with Gasteiger partial charge in [-0.3, -0.25) is 0 Å². The Morgan fingerprint density at radius 2 is 2.11 bits per heavy atom. The predicted octanol–water partition coefficient (Wildman–Crippen LogP) is 5.04. The highest BCUT2D eigenvalue weighted by Gasteiger charge is 2.49. The molecule has 1 unspecified atom stereocenters. The summed E-state index contributed by atoms with van der Waals surface area (Å²) in [7, 11) is 0. The first kappa shape index (κ1) is 25.6. The van der Waals surface area contributed by atoms with Crippen molar-refractivity contribution in [2.24, 2.45) is 5.92 Å². The van der Waals surface area contributed by atoms with Crippen LogP contribution in [0.4, 0.5) is 4.39 Å². The number of fused-ring (bicyclic) bond motifs is 1. The topological polar surface area (TPSA) is 103 Å². The molecular weight excluding hydrogens is 489 g/mol. The number of halogens is 1. The van der Waals surface area contributed by atoms with Crippen molar-refractivity contribution in [3.63, 3.8) is 0 Å². The number of ether oxygens (including phenoxy) is 2. The standard InChI is InChI=1S/C28H30FN5O4/c1-17-14-31-26-32-24(33-34(26)15-17)12-20-23(35)13-28(38-25(20)36,18-7-5-6-8-18)16-37-19-9-10-21(22(29)11-19)27(2,3)30-4/h9-11,14-15,18,35H,5-8,12-13,16H2,1-3H3. The van der Waals surface area contributed by atoms with E-state index >= 15 is 0 Å². The molecule has 1 fully saturated rings. The maximum absolute atomic E-state index is 14.8. The van der Waals surface area contributed by atoms with Gasteiger partial charge in [0.2, 0.25) is 0 Å². The Labute approximate surface area is 220 Å².